The second kappa shape index (κ2) is 5.63. The Morgan fingerprint density at radius 2 is 0.692 bits per heavy atom. The number of ether oxygens (including phenoxy) is 2. The summed E-state index contributed by atoms with van der Waals surface area (Å²) in [5.41, 5.74) is 0. The summed E-state index contributed by atoms with van der Waals surface area (Å²) in [5, 5.41) is 9.82. The average Bonchev–Trinajstić information content (AvgIpc) is 2.68. The van der Waals surface area contributed by atoms with E-state index in [1.54, 1.807) is 14.2 Å². The van der Waals surface area contributed by atoms with Gasteiger partial charge in [-0.15, -0.1) is 0 Å². The maximum Gasteiger partial charge on any atom is 0.119 e. The van der Waals surface area contributed by atoms with Crippen molar-refractivity contribution < 1.29 is 9.47 Å². The molecule has 5 aromatic rings. The molecule has 5 rings (SSSR count). The molecule has 0 fully saturated rings. The van der Waals surface area contributed by atoms with E-state index in [-0.39, 0.29) is 0 Å². The molecule has 0 aliphatic rings. The topological polar surface area (TPSA) is 18.5 Å². The van der Waals surface area contributed by atoms with Crippen LogP contribution in [-0.4, -0.2) is 14.2 Å². The molecule has 0 unspecified atom stereocenters. The van der Waals surface area contributed by atoms with E-state index < -0.39 is 0 Å². The van der Waals surface area contributed by atoms with Gasteiger partial charge in [0.25, 0.3) is 0 Å². The molecule has 0 N–H and O–H groups in total. The fourth-order valence-electron chi connectivity index (χ4n) is 3.71. The van der Waals surface area contributed by atoms with Gasteiger partial charge in [0.1, 0.15) is 11.5 Å². The zero-order valence-corrected chi connectivity index (χ0v) is 14.7. The minimum absolute atomic E-state index is 0.885. The highest BCUT2D eigenvalue weighted by Gasteiger charge is 2.05. The van der Waals surface area contributed by atoms with Gasteiger partial charge in [0.2, 0.25) is 0 Å². The molecule has 26 heavy (non-hydrogen) atoms. The molecular weight excluding hydrogens is 320 g/mol. The molecule has 0 bridgehead atoms. The summed E-state index contributed by atoms with van der Waals surface area (Å²) >= 11 is 0. The lowest BCUT2D eigenvalue weighted by Crippen LogP contribution is -1.84. The molecule has 0 saturated heterocycles. The average molecular weight is 338 g/mol. The second-order valence-electron chi connectivity index (χ2n) is 6.68. The number of benzene rings is 5. The quantitative estimate of drug-likeness (QED) is 0.351. The zero-order valence-electron chi connectivity index (χ0n) is 14.7. The van der Waals surface area contributed by atoms with Gasteiger partial charge in [0.15, 0.2) is 0 Å². The Bertz CT molecular complexity index is 1200. The Hall–Kier alpha value is -3.26. The predicted molar refractivity (Wildman–Crippen MR) is 110 cm³/mol. The first-order valence-corrected chi connectivity index (χ1v) is 8.66. The van der Waals surface area contributed by atoms with Crippen molar-refractivity contribution in [3.63, 3.8) is 0 Å². The molecule has 2 heteroatoms. The lowest BCUT2D eigenvalue weighted by molar-refractivity contribution is 0.415. The maximum absolute atomic E-state index is 5.36. The third-order valence-corrected chi connectivity index (χ3v) is 5.12. The molecule has 0 atom stereocenters. The van der Waals surface area contributed by atoms with E-state index in [4.69, 9.17) is 9.47 Å². The van der Waals surface area contributed by atoms with Crippen LogP contribution in [0.25, 0.3) is 43.1 Å². The van der Waals surface area contributed by atoms with Gasteiger partial charge in [0.05, 0.1) is 14.2 Å². The summed E-state index contributed by atoms with van der Waals surface area (Å²) in [6, 6.07) is 25.9. The van der Waals surface area contributed by atoms with Crippen LogP contribution in [0.5, 0.6) is 11.5 Å². The highest BCUT2D eigenvalue weighted by atomic mass is 16.5. The van der Waals surface area contributed by atoms with Gasteiger partial charge in [-0.1, -0.05) is 12.1 Å². The number of fused-ring (bicyclic) bond motifs is 4. The molecule has 0 amide bonds. The van der Waals surface area contributed by atoms with Gasteiger partial charge in [0, 0.05) is 0 Å². The highest BCUT2D eigenvalue weighted by Crippen LogP contribution is 2.32. The maximum atomic E-state index is 5.36. The fourth-order valence-corrected chi connectivity index (χ4v) is 3.71. The Morgan fingerprint density at radius 3 is 1.04 bits per heavy atom. The van der Waals surface area contributed by atoms with Crippen molar-refractivity contribution in [2.24, 2.45) is 0 Å². The summed E-state index contributed by atoms with van der Waals surface area (Å²) in [7, 11) is 3.41. The number of rotatable bonds is 2. The van der Waals surface area contributed by atoms with E-state index in [9.17, 15) is 0 Å². The van der Waals surface area contributed by atoms with Crippen LogP contribution in [0, 0.1) is 0 Å². The van der Waals surface area contributed by atoms with Gasteiger partial charge in [-0.05, 0) is 104 Å². The van der Waals surface area contributed by atoms with Crippen LogP contribution in [-0.2, 0) is 0 Å². The van der Waals surface area contributed by atoms with Crippen molar-refractivity contribution in [3.8, 4) is 11.5 Å². The Balaban J connectivity index is 1.80. The van der Waals surface area contributed by atoms with Crippen LogP contribution in [0.2, 0.25) is 0 Å². The monoisotopic (exact) mass is 338 g/mol. The normalized spacial score (nSPS) is 11.5. The molecule has 0 saturated carbocycles. The SMILES string of the molecule is COc1ccc2cc3cc4cc5ccc(OC)cc5cc4cc3cc2c1. The Kier molecular flexibility index (Phi) is 3.26. The van der Waals surface area contributed by atoms with E-state index in [2.05, 4.69) is 60.7 Å². The van der Waals surface area contributed by atoms with Crippen molar-refractivity contribution in [3.05, 3.63) is 72.8 Å². The van der Waals surface area contributed by atoms with Crippen LogP contribution >= 0.6 is 0 Å². The van der Waals surface area contributed by atoms with Crippen molar-refractivity contribution in [2.45, 2.75) is 0 Å². The third-order valence-electron chi connectivity index (χ3n) is 5.12. The van der Waals surface area contributed by atoms with Crippen LogP contribution in [0.4, 0.5) is 0 Å². The molecular formula is C24H18O2. The Labute approximate surface area is 151 Å². The zero-order chi connectivity index (χ0) is 17.7. The molecule has 126 valence electrons. The molecule has 0 aliphatic heterocycles. The molecule has 0 heterocycles. The molecule has 0 spiro atoms. The van der Waals surface area contributed by atoms with Crippen molar-refractivity contribution in [1.82, 2.24) is 0 Å². The molecule has 0 radical (unpaired) electrons. The van der Waals surface area contributed by atoms with Gasteiger partial charge in [-0.25, -0.2) is 0 Å². The number of hydrogen-bond acceptors (Lipinski definition) is 2. The summed E-state index contributed by atoms with van der Waals surface area (Å²) in [5.74, 6) is 1.77. The van der Waals surface area contributed by atoms with Gasteiger partial charge in [-0.3, -0.25) is 0 Å². The molecule has 5 aromatic carbocycles. The number of methoxy groups -OCH3 is 2. The van der Waals surface area contributed by atoms with Crippen molar-refractivity contribution >= 4 is 43.1 Å². The first-order valence-electron chi connectivity index (χ1n) is 8.66. The largest absolute Gasteiger partial charge is 0.497 e. The van der Waals surface area contributed by atoms with Crippen molar-refractivity contribution in [1.29, 1.82) is 0 Å². The molecule has 2 nitrogen and oxygen atoms in total. The minimum atomic E-state index is 0.885. The fraction of sp³-hybridized carbons (Fsp3) is 0.0833. The van der Waals surface area contributed by atoms with E-state index in [1.807, 2.05) is 12.1 Å². The lowest BCUT2D eigenvalue weighted by atomic mass is 9.97. The predicted octanol–water partition coefficient (Wildman–Crippen LogP) is 6.32. The summed E-state index contributed by atoms with van der Waals surface area (Å²) in [6.07, 6.45) is 0. The molecule has 0 aromatic heterocycles. The van der Waals surface area contributed by atoms with Gasteiger partial charge in [-0.2, -0.15) is 0 Å². The standard InChI is InChI=1S/C24H18O2/c1-25-23-5-3-15-7-17-9-18-8-16-4-6-24(26-2)14-22(16)12-20(18)10-19(17)11-21(15)13-23/h3-14H,1-2H3. The van der Waals surface area contributed by atoms with E-state index >= 15 is 0 Å². The first-order chi connectivity index (χ1) is 12.7. The smallest absolute Gasteiger partial charge is 0.119 e. The van der Waals surface area contributed by atoms with Crippen LogP contribution in [0.3, 0.4) is 0 Å². The summed E-state index contributed by atoms with van der Waals surface area (Å²) in [6.45, 7) is 0. The summed E-state index contributed by atoms with van der Waals surface area (Å²) in [4.78, 5) is 0. The van der Waals surface area contributed by atoms with Crippen LogP contribution in [0.1, 0.15) is 0 Å². The lowest BCUT2D eigenvalue weighted by Gasteiger charge is -2.09. The van der Waals surface area contributed by atoms with Crippen LogP contribution in [0.15, 0.2) is 72.8 Å². The number of hydrogen-bond donors (Lipinski definition) is 0. The minimum Gasteiger partial charge on any atom is -0.497 e. The van der Waals surface area contributed by atoms with E-state index in [1.165, 1.54) is 43.1 Å². The molecule has 0 aliphatic carbocycles. The summed E-state index contributed by atoms with van der Waals surface area (Å²) < 4.78 is 10.7. The van der Waals surface area contributed by atoms with E-state index in [0.29, 0.717) is 0 Å². The van der Waals surface area contributed by atoms with Gasteiger partial charge < -0.3 is 9.47 Å². The highest BCUT2D eigenvalue weighted by molar-refractivity contribution is 6.08. The van der Waals surface area contributed by atoms with Crippen molar-refractivity contribution in [2.75, 3.05) is 14.2 Å². The first kappa shape index (κ1) is 15.0. The Morgan fingerprint density at radius 1 is 0.385 bits per heavy atom. The van der Waals surface area contributed by atoms with Gasteiger partial charge >= 0.3 is 0 Å². The van der Waals surface area contributed by atoms with E-state index in [0.717, 1.165) is 11.5 Å². The van der Waals surface area contributed by atoms with Crippen LogP contribution < -0.4 is 9.47 Å². The second-order valence-corrected chi connectivity index (χ2v) is 6.68. The third kappa shape index (κ3) is 2.34.